The summed E-state index contributed by atoms with van der Waals surface area (Å²) in [7, 11) is 0. The zero-order valence-corrected chi connectivity index (χ0v) is 10.9. The number of benzene rings is 1. The summed E-state index contributed by atoms with van der Waals surface area (Å²) in [5, 5.41) is 12.1. The summed E-state index contributed by atoms with van der Waals surface area (Å²) >= 11 is 0. The number of piperazine rings is 1. The van der Waals surface area contributed by atoms with Crippen molar-refractivity contribution in [3.05, 3.63) is 34.6 Å². The maximum absolute atomic E-state index is 12.3. The van der Waals surface area contributed by atoms with Gasteiger partial charge < -0.3 is 5.32 Å². The molecule has 0 spiro atoms. The Morgan fingerprint density at radius 3 is 3.11 bits per heavy atom. The third-order valence-corrected chi connectivity index (χ3v) is 3.58. The zero-order chi connectivity index (χ0) is 13.2. The number of rotatable bonds is 2. The largest absolute Gasteiger partial charge is 0.314 e. The van der Waals surface area contributed by atoms with Gasteiger partial charge in [0.05, 0.1) is 12.1 Å². The predicted octanol–water partition coefficient (Wildman–Crippen LogP) is 0.0427. The van der Waals surface area contributed by atoms with E-state index in [0.29, 0.717) is 23.6 Å². The van der Waals surface area contributed by atoms with Gasteiger partial charge in [-0.15, -0.1) is 5.10 Å². The second-order valence-electron chi connectivity index (χ2n) is 4.92. The highest BCUT2D eigenvalue weighted by Gasteiger charge is 2.19. The fraction of sp³-hybridized carbons (Fsp3) is 0.462. The summed E-state index contributed by atoms with van der Waals surface area (Å²) < 4.78 is 1.45. The highest BCUT2D eigenvalue weighted by Crippen LogP contribution is 2.06. The van der Waals surface area contributed by atoms with E-state index in [4.69, 9.17) is 0 Å². The topological polar surface area (TPSA) is 63.1 Å². The summed E-state index contributed by atoms with van der Waals surface area (Å²) in [6.07, 6.45) is 0. The van der Waals surface area contributed by atoms with Gasteiger partial charge in [0, 0.05) is 25.7 Å². The van der Waals surface area contributed by atoms with Crippen LogP contribution in [0, 0.1) is 0 Å². The average Bonchev–Trinajstić information content (AvgIpc) is 2.44. The van der Waals surface area contributed by atoms with Gasteiger partial charge in [0.15, 0.2) is 0 Å². The Kier molecular flexibility index (Phi) is 3.27. The van der Waals surface area contributed by atoms with Gasteiger partial charge in [-0.2, -0.15) is 4.68 Å². The fourth-order valence-corrected chi connectivity index (χ4v) is 2.38. The minimum absolute atomic E-state index is 0.0728. The van der Waals surface area contributed by atoms with Crippen LogP contribution in [0.3, 0.4) is 0 Å². The molecule has 0 aliphatic carbocycles. The molecule has 1 aromatic carbocycles. The quantitative estimate of drug-likeness (QED) is 0.825. The van der Waals surface area contributed by atoms with Gasteiger partial charge in [0.1, 0.15) is 5.52 Å². The molecule has 0 amide bonds. The molecule has 1 aromatic heterocycles. The number of nitrogens with zero attached hydrogens (tertiary/aromatic N) is 4. The van der Waals surface area contributed by atoms with Crippen molar-refractivity contribution in [3.8, 4) is 0 Å². The molecule has 0 radical (unpaired) electrons. The number of hydrogen-bond acceptors (Lipinski definition) is 5. The summed E-state index contributed by atoms with van der Waals surface area (Å²) in [4.78, 5) is 14.6. The van der Waals surface area contributed by atoms with Crippen molar-refractivity contribution >= 4 is 10.9 Å². The molecule has 2 heterocycles. The predicted molar refractivity (Wildman–Crippen MR) is 72.8 cm³/mol. The second-order valence-corrected chi connectivity index (χ2v) is 4.92. The van der Waals surface area contributed by atoms with E-state index in [9.17, 15) is 4.79 Å². The summed E-state index contributed by atoms with van der Waals surface area (Å²) in [6.45, 7) is 5.45. The molecule has 0 bridgehead atoms. The zero-order valence-electron chi connectivity index (χ0n) is 10.9. The second kappa shape index (κ2) is 5.07. The maximum Gasteiger partial charge on any atom is 0.278 e. The Balaban J connectivity index is 1.93. The first-order chi connectivity index (χ1) is 9.25. The number of fused-ring (bicyclic) bond motifs is 1. The van der Waals surface area contributed by atoms with Crippen LogP contribution < -0.4 is 10.9 Å². The maximum atomic E-state index is 12.3. The van der Waals surface area contributed by atoms with E-state index >= 15 is 0 Å². The molecule has 1 aliphatic heterocycles. The fourth-order valence-electron chi connectivity index (χ4n) is 2.38. The smallest absolute Gasteiger partial charge is 0.278 e. The molecule has 6 nitrogen and oxygen atoms in total. The van der Waals surface area contributed by atoms with Crippen molar-refractivity contribution in [2.24, 2.45) is 0 Å². The molecule has 1 fully saturated rings. The van der Waals surface area contributed by atoms with Crippen LogP contribution >= 0.6 is 0 Å². The van der Waals surface area contributed by atoms with Gasteiger partial charge in [-0.3, -0.25) is 9.69 Å². The van der Waals surface area contributed by atoms with E-state index in [2.05, 4.69) is 27.5 Å². The first-order valence-corrected chi connectivity index (χ1v) is 6.53. The van der Waals surface area contributed by atoms with Crippen LogP contribution in [0.15, 0.2) is 29.1 Å². The molecule has 0 saturated carbocycles. The van der Waals surface area contributed by atoms with E-state index in [0.717, 1.165) is 19.6 Å². The molecular formula is C13H17N5O. The Bertz CT molecular complexity index is 638. The third-order valence-electron chi connectivity index (χ3n) is 3.58. The van der Waals surface area contributed by atoms with Gasteiger partial charge >= 0.3 is 0 Å². The lowest BCUT2D eigenvalue weighted by Gasteiger charge is -2.33. The summed E-state index contributed by atoms with van der Waals surface area (Å²) in [5.74, 6) is 0. The highest BCUT2D eigenvalue weighted by molar-refractivity contribution is 5.76. The SMILES string of the molecule is CC1CNCCN1Cn1nnc2ccccc2c1=O. The molecule has 2 aromatic rings. The molecule has 1 atom stereocenters. The van der Waals surface area contributed by atoms with Crippen LogP contribution in [0.5, 0.6) is 0 Å². The highest BCUT2D eigenvalue weighted by atomic mass is 16.1. The molecule has 1 aliphatic rings. The van der Waals surface area contributed by atoms with Gasteiger partial charge in [-0.1, -0.05) is 17.3 Å². The molecular weight excluding hydrogens is 242 g/mol. The van der Waals surface area contributed by atoms with Crippen LogP contribution in [0.4, 0.5) is 0 Å². The van der Waals surface area contributed by atoms with Crippen LogP contribution in [-0.2, 0) is 6.67 Å². The molecule has 1 saturated heterocycles. The van der Waals surface area contributed by atoms with Crippen LogP contribution in [0.2, 0.25) is 0 Å². The van der Waals surface area contributed by atoms with Crippen molar-refractivity contribution in [2.75, 3.05) is 19.6 Å². The lowest BCUT2D eigenvalue weighted by Crippen LogP contribution is -2.51. The average molecular weight is 259 g/mol. The van der Waals surface area contributed by atoms with E-state index in [1.807, 2.05) is 18.2 Å². The third kappa shape index (κ3) is 2.36. The number of aromatic nitrogens is 3. The van der Waals surface area contributed by atoms with Gasteiger partial charge in [0.2, 0.25) is 0 Å². The minimum Gasteiger partial charge on any atom is -0.314 e. The van der Waals surface area contributed by atoms with Crippen LogP contribution in [-0.4, -0.2) is 45.6 Å². The van der Waals surface area contributed by atoms with Gasteiger partial charge in [-0.25, -0.2) is 0 Å². The Morgan fingerprint density at radius 2 is 2.26 bits per heavy atom. The molecule has 6 heteroatoms. The van der Waals surface area contributed by atoms with Crippen LogP contribution in [0.1, 0.15) is 6.92 Å². The Labute approximate surface area is 111 Å². The first-order valence-electron chi connectivity index (χ1n) is 6.53. The van der Waals surface area contributed by atoms with E-state index in [1.54, 1.807) is 6.07 Å². The van der Waals surface area contributed by atoms with E-state index < -0.39 is 0 Å². The normalized spacial score (nSPS) is 20.8. The molecule has 100 valence electrons. The summed E-state index contributed by atoms with van der Waals surface area (Å²) in [5.41, 5.74) is 0.577. The van der Waals surface area contributed by atoms with Crippen LogP contribution in [0.25, 0.3) is 10.9 Å². The molecule has 1 unspecified atom stereocenters. The monoisotopic (exact) mass is 259 g/mol. The van der Waals surface area contributed by atoms with Crippen molar-refractivity contribution in [1.29, 1.82) is 0 Å². The number of nitrogens with one attached hydrogen (secondary N) is 1. The molecule has 3 rings (SSSR count). The van der Waals surface area contributed by atoms with E-state index in [1.165, 1.54) is 4.68 Å². The number of hydrogen-bond donors (Lipinski definition) is 1. The lowest BCUT2D eigenvalue weighted by atomic mass is 10.2. The van der Waals surface area contributed by atoms with Gasteiger partial charge in [0.25, 0.3) is 5.56 Å². The Morgan fingerprint density at radius 1 is 1.42 bits per heavy atom. The summed E-state index contributed by atoms with van der Waals surface area (Å²) in [6, 6.07) is 7.71. The molecule has 19 heavy (non-hydrogen) atoms. The van der Waals surface area contributed by atoms with Crippen molar-refractivity contribution < 1.29 is 0 Å². The molecule has 1 N–H and O–H groups in total. The standard InChI is InChI=1S/C13H17N5O/c1-10-8-14-6-7-17(10)9-18-13(19)11-4-2-3-5-12(11)15-16-18/h2-5,10,14H,6-9H2,1H3. The lowest BCUT2D eigenvalue weighted by molar-refractivity contribution is 0.122. The minimum atomic E-state index is -0.0728. The van der Waals surface area contributed by atoms with Crippen molar-refractivity contribution in [3.63, 3.8) is 0 Å². The van der Waals surface area contributed by atoms with Crippen molar-refractivity contribution in [1.82, 2.24) is 25.2 Å². The van der Waals surface area contributed by atoms with Crippen molar-refractivity contribution in [2.45, 2.75) is 19.6 Å². The Hall–Kier alpha value is -1.79. The first kappa shape index (κ1) is 12.3. The van der Waals surface area contributed by atoms with E-state index in [-0.39, 0.29) is 5.56 Å². The van der Waals surface area contributed by atoms with Gasteiger partial charge in [-0.05, 0) is 19.1 Å².